The molecule has 21 heavy (non-hydrogen) atoms. The standard InChI is InChI=1S/C15H18N4OS/c1-20-11-7-5-10(6-8-11)15(12-4-2-3-9-18-12)13(16)19-14(17)21-15/h2-9,13-14,19H,16-17H2,1H3. The Kier molecular flexibility index (Phi) is 3.86. The first-order chi connectivity index (χ1) is 10.2. The topological polar surface area (TPSA) is 86.2 Å². The van der Waals surface area contributed by atoms with E-state index in [-0.39, 0.29) is 11.7 Å². The highest BCUT2D eigenvalue weighted by Crippen LogP contribution is 2.48. The van der Waals surface area contributed by atoms with Gasteiger partial charge in [-0.3, -0.25) is 10.3 Å². The lowest BCUT2D eigenvalue weighted by Crippen LogP contribution is -2.49. The predicted molar refractivity (Wildman–Crippen MR) is 84.7 cm³/mol. The zero-order valence-electron chi connectivity index (χ0n) is 11.7. The number of nitrogens with two attached hydrogens (primary N) is 2. The Labute approximate surface area is 128 Å². The second-order valence-electron chi connectivity index (χ2n) is 4.86. The van der Waals surface area contributed by atoms with Crippen LogP contribution in [0.25, 0.3) is 0 Å². The third-order valence-electron chi connectivity index (χ3n) is 3.66. The average molecular weight is 302 g/mol. The molecule has 0 aliphatic carbocycles. The largest absolute Gasteiger partial charge is 0.497 e. The molecule has 5 nitrogen and oxygen atoms in total. The zero-order chi connectivity index (χ0) is 14.9. The lowest BCUT2D eigenvalue weighted by molar-refractivity contribution is 0.414. The van der Waals surface area contributed by atoms with Crippen LogP contribution in [-0.4, -0.2) is 23.8 Å². The van der Waals surface area contributed by atoms with Crippen molar-refractivity contribution in [2.24, 2.45) is 11.5 Å². The molecule has 0 amide bonds. The molecule has 2 aromatic rings. The van der Waals surface area contributed by atoms with Gasteiger partial charge in [0.1, 0.15) is 16.0 Å². The summed E-state index contributed by atoms with van der Waals surface area (Å²) >= 11 is 1.58. The summed E-state index contributed by atoms with van der Waals surface area (Å²) in [6.07, 6.45) is 1.46. The molecule has 0 bridgehead atoms. The van der Waals surface area contributed by atoms with Crippen molar-refractivity contribution in [3.8, 4) is 5.75 Å². The Morgan fingerprint density at radius 1 is 1.19 bits per heavy atom. The highest BCUT2D eigenvalue weighted by Gasteiger charge is 2.49. The third kappa shape index (κ3) is 2.40. The molecule has 0 saturated carbocycles. The minimum Gasteiger partial charge on any atom is -0.497 e. The molecule has 3 atom stereocenters. The van der Waals surface area contributed by atoms with E-state index in [2.05, 4.69) is 10.3 Å². The predicted octanol–water partition coefficient (Wildman–Crippen LogP) is 1.20. The smallest absolute Gasteiger partial charge is 0.118 e. The van der Waals surface area contributed by atoms with Gasteiger partial charge in [-0.15, -0.1) is 11.8 Å². The van der Waals surface area contributed by atoms with E-state index in [1.807, 2.05) is 42.5 Å². The van der Waals surface area contributed by atoms with Gasteiger partial charge in [-0.05, 0) is 29.8 Å². The van der Waals surface area contributed by atoms with E-state index in [1.165, 1.54) is 0 Å². The number of pyridine rings is 1. The minimum absolute atomic E-state index is 0.232. The Hall–Kier alpha value is -1.60. The zero-order valence-corrected chi connectivity index (χ0v) is 12.5. The van der Waals surface area contributed by atoms with Crippen LogP contribution in [0.4, 0.5) is 0 Å². The van der Waals surface area contributed by atoms with Crippen LogP contribution in [0.1, 0.15) is 11.3 Å². The van der Waals surface area contributed by atoms with Crippen LogP contribution in [0.5, 0.6) is 5.75 Å². The summed E-state index contributed by atoms with van der Waals surface area (Å²) < 4.78 is 4.72. The number of hydrogen-bond acceptors (Lipinski definition) is 6. The summed E-state index contributed by atoms with van der Waals surface area (Å²) in [6.45, 7) is 0. The van der Waals surface area contributed by atoms with E-state index in [0.29, 0.717) is 0 Å². The van der Waals surface area contributed by atoms with Crippen LogP contribution in [-0.2, 0) is 4.75 Å². The fourth-order valence-corrected chi connectivity index (χ4v) is 3.98. The molecule has 1 aliphatic rings. The van der Waals surface area contributed by atoms with Gasteiger partial charge in [-0.2, -0.15) is 0 Å². The summed E-state index contributed by atoms with van der Waals surface area (Å²) in [6, 6.07) is 13.7. The average Bonchev–Trinajstić information content (AvgIpc) is 2.84. The lowest BCUT2D eigenvalue weighted by atomic mass is 9.91. The molecule has 1 aromatic heterocycles. The van der Waals surface area contributed by atoms with Crippen LogP contribution in [0, 0.1) is 0 Å². The van der Waals surface area contributed by atoms with E-state index in [4.69, 9.17) is 16.2 Å². The number of nitrogens with zero attached hydrogens (tertiary/aromatic N) is 1. The molecule has 3 unspecified atom stereocenters. The molecule has 6 heteroatoms. The Bertz CT molecular complexity index is 607. The van der Waals surface area contributed by atoms with E-state index in [1.54, 1.807) is 25.1 Å². The van der Waals surface area contributed by atoms with Crippen molar-refractivity contribution in [2.75, 3.05) is 7.11 Å². The lowest BCUT2D eigenvalue weighted by Gasteiger charge is -2.31. The van der Waals surface area contributed by atoms with Gasteiger partial charge in [-0.1, -0.05) is 18.2 Å². The number of rotatable bonds is 3. The maximum Gasteiger partial charge on any atom is 0.118 e. The van der Waals surface area contributed by atoms with Gasteiger partial charge >= 0.3 is 0 Å². The fraction of sp³-hybridized carbons (Fsp3) is 0.267. The maximum absolute atomic E-state index is 6.36. The van der Waals surface area contributed by atoms with Crippen molar-refractivity contribution < 1.29 is 4.74 Å². The molecular weight excluding hydrogens is 284 g/mol. The number of nitrogens with one attached hydrogen (secondary N) is 1. The number of benzene rings is 1. The maximum atomic E-state index is 6.36. The van der Waals surface area contributed by atoms with Gasteiger partial charge in [0.05, 0.1) is 19.0 Å². The van der Waals surface area contributed by atoms with Crippen molar-refractivity contribution in [3.63, 3.8) is 0 Å². The summed E-state index contributed by atoms with van der Waals surface area (Å²) in [4.78, 5) is 4.51. The molecule has 0 spiro atoms. The number of methoxy groups -OCH3 is 1. The Morgan fingerprint density at radius 2 is 1.95 bits per heavy atom. The monoisotopic (exact) mass is 302 g/mol. The minimum atomic E-state index is -0.507. The molecule has 1 aromatic carbocycles. The van der Waals surface area contributed by atoms with Gasteiger partial charge in [0.15, 0.2) is 0 Å². The quantitative estimate of drug-likeness (QED) is 0.790. The molecule has 5 N–H and O–H groups in total. The van der Waals surface area contributed by atoms with Crippen LogP contribution >= 0.6 is 11.8 Å². The second-order valence-corrected chi connectivity index (χ2v) is 6.25. The summed E-state index contributed by atoms with van der Waals surface area (Å²) in [5.41, 5.74) is 14.1. The van der Waals surface area contributed by atoms with Crippen molar-refractivity contribution in [1.29, 1.82) is 0 Å². The Balaban J connectivity index is 2.12. The van der Waals surface area contributed by atoms with E-state index < -0.39 is 4.75 Å². The highest BCUT2D eigenvalue weighted by molar-refractivity contribution is 8.01. The molecule has 110 valence electrons. The molecule has 1 saturated heterocycles. The summed E-state index contributed by atoms with van der Waals surface area (Å²) in [5.74, 6) is 0.809. The number of aromatic nitrogens is 1. The van der Waals surface area contributed by atoms with Crippen LogP contribution in [0.2, 0.25) is 0 Å². The molecule has 1 aliphatic heterocycles. The first kappa shape index (κ1) is 14.3. The fourth-order valence-electron chi connectivity index (χ4n) is 2.64. The SMILES string of the molecule is COc1ccc(C2(c3ccccn3)SC(N)NC2N)cc1. The van der Waals surface area contributed by atoms with Crippen LogP contribution in [0.15, 0.2) is 48.7 Å². The van der Waals surface area contributed by atoms with Crippen molar-refractivity contribution >= 4 is 11.8 Å². The van der Waals surface area contributed by atoms with Crippen molar-refractivity contribution in [1.82, 2.24) is 10.3 Å². The van der Waals surface area contributed by atoms with Gasteiger partial charge in [0.25, 0.3) is 0 Å². The molecular formula is C15H18N4OS. The highest BCUT2D eigenvalue weighted by atomic mass is 32.2. The van der Waals surface area contributed by atoms with Crippen molar-refractivity contribution in [2.45, 2.75) is 16.4 Å². The van der Waals surface area contributed by atoms with E-state index in [9.17, 15) is 0 Å². The number of ether oxygens (including phenoxy) is 1. The van der Waals surface area contributed by atoms with Crippen molar-refractivity contribution in [3.05, 3.63) is 59.9 Å². The molecule has 0 radical (unpaired) electrons. The molecule has 1 fully saturated rings. The van der Waals surface area contributed by atoms with Gasteiger partial charge in [0.2, 0.25) is 0 Å². The number of hydrogen-bond donors (Lipinski definition) is 3. The van der Waals surface area contributed by atoms with E-state index in [0.717, 1.165) is 17.0 Å². The first-order valence-electron chi connectivity index (χ1n) is 6.68. The molecule has 2 heterocycles. The van der Waals surface area contributed by atoms with Gasteiger partial charge in [-0.25, -0.2) is 0 Å². The number of thioether (sulfide) groups is 1. The first-order valence-corrected chi connectivity index (χ1v) is 7.56. The third-order valence-corrected chi connectivity index (χ3v) is 5.12. The van der Waals surface area contributed by atoms with E-state index >= 15 is 0 Å². The second kappa shape index (κ2) is 5.65. The summed E-state index contributed by atoms with van der Waals surface area (Å²) in [7, 11) is 1.65. The Morgan fingerprint density at radius 3 is 2.48 bits per heavy atom. The molecule has 3 rings (SSSR count). The van der Waals surface area contributed by atoms with Gasteiger partial charge < -0.3 is 16.2 Å². The van der Waals surface area contributed by atoms with Crippen LogP contribution in [0.3, 0.4) is 0 Å². The van der Waals surface area contributed by atoms with Crippen LogP contribution < -0.4 is 21.5 Å². The summed E-state index contributed by atoms with van der Waals surface area (Å²) in [5, 5.41) is 3.18. The normalized spacial score (nSPS) is 28.5. The van der Waals surface area contributed by atoms with Gasteiger partial charge in [0, 0.05) is 6.20 Å².